The van der Waals surface area contributed by atoms with E-state index in [1.807, 2.05) is 21.0 Å². The number of nitrogens with zero attached hydrogens (tertiary/aromatic N) is 1. The van der Waals surface area contributed by atoms with Crippen LogP contribution < -0.4 is 10.6 Å². The highest BCUT2D eigenvalue weighted by Crippen LogP contribution is 1.75. The van der Waals surface area contributed by atoms with Gasteiger partial charge in [-0.2, -0.15) is 0 Å². The van der Waals surface area contributed by atoms with E-state index in [9.17, 15) is 9.59 Å². The molecule has 0 atom stereocenters. The van der Waals surface area contributed by atoms with E-state index in [0.29, 0.717) is 0 Å². The molecule has 0 aliphatic carbocycles. The first kappa shape index (κ1) is 21.6. The van der Waals surface area contributed by atoms with E-state index < -0.39 is 0 Å². The van der Waals surface area contributed by atoms with E-state index in [4.69, 9.17) is 0 Å². The van der Waals surface area contributed by atoms with Gasteiger partial charge < -0.3 is 15.5 Å². The van der Waals surface area contributed by atoms with Crippen LogP contribution in [0.2, 0.25) is 0 Å². The number of hydrogen-bond acceptors (Lipinski definition) is 3. The van der Waals surface area contributed by atoms with Crippen molar-refractivity contribution in [2.24, 2.45) is 0 Å². The molecule has 2 N–H and O–H groups in total. The van der Waals surface area contributed by atoms with Crippen LogP contribution in [0.15, 0.2) is 25.3 Å². The van der Waals surface area contributed by atoms with Gasteiger partial charge in [0.15, 0.2) is 0 Å². The largest absolute Gasteiger partial charge is 0.353 e. The van der Waals surface area contributed by atoms with Crippen LogP contribution in [-0.4, -0.2) is 51.4 Å². The summed E-state index contributed by atoms with van der Waals surface area (Å²) in [7, 11) is 7.12. The van der Waals surface area contributed by atoms with E-state index in [2.05, 4.69) is 23.8 Å². The average molecular weight is 257 g/mol. The second kappa shape index (κ2) is 17.8. The summed E-state index contributed by atoms with van der Waals surface area (Å²) in [6, 6.07) is 0. The smallest absolute Gasteiger partial charge is 0.245 e. The zero-order chi connectivity index (χ0) is 15.0. The maximum atomic E-state index is 10.3. The van der Waals surface area contributed by atoms with E-state index in [1.165, 1.54) is 17.1 Å². The zero-order valence-corrected chi connectivity index (χ0v) is 12.2. The van der Waals surface area contributed by atoms with Crippen molar-refractivity contribution in [2.75, 3.05) is 34.7 Å². The van der Waals surface area contributed by atoms with E-state index in [1.54, 1.807) is 14.1 Å². The van der Waals surface area contributed by atoms with E-state index in [-0.39, 0.29) is 11.8 Å². The number of rotatable bonds is 4. The van der Waals surface area contributed by atoms with Crippen LogP contribution in [0.4, 0.5) is 0 Å². The zero-order valence-electron chi connectivity index (χ0n) is 12.2. The number of likely N-dealkylation sites (N-methyl/N-ethyl adjacent to an activating group) is 1. The molecule has 0 aliphatic rings. The fourth-order valence-corrected chi connectivity index (χ4v) is 0.503. The Morgan fingerprint density at radius 3 is 1.78 bits per heavy atom. The minimum atomic E-state index is -0.0909. The molecule has 0 aliphatic heterocycles. The standard InChI is InChI=1S/C6H11NO.C5H9NO.C2H7N/c1-3-5-7-6(8)4-2;1-4-5(7)6(2)3;1-3-2/h4H,2-3,5H2,1H3,(H,7,8);4H,1H2,2-3H3;3H,1-2H3. The molecular weight excluding hydrogens is 230 g/mol. The van der Waals surface area contributed by atoms with Gasteiger partial charge >= 0.3 is 0 Å². The van der Waals surface area contributed by atoms with Crippen LogP contribution in [0.5, 0.6) is 0 Å². The lowest BCUT2D eigenvalue weighted by molar-refractivity contribution is -0.123. The Morgan fingerprint density at radius 1 is 1.17 bits per heavy atom. The van der Waals surface area contributed by atoms with Crippen molar-refractivity contribution >= 4 is 11.8 Å². The van der Waals surface area contributed by atoms with Crippen molar-refractivity contribution in [2.45, 2.75) is 13.3 Å². The topological polar surface area (TPSA) is 61.4 Å². The van der Waals surface area contributed by atoms with Gasteiger partial charge in [0.05, 0.1) is 0 Å². The lowest BCUT2D eigenvalue weighted by Gasteiger charge is -2.03. The summed E-state index contributed by atoms with van der Waals surface area (Å²) in [5.74, 6) is -0.146. The molecule has 18 heavy (non-hydrogen) atoms. The van der Waals surface area contributed by atoms with Crippen molar-refractivity contribution in [3.05, 3.63) is 25.3 Å². The minimum Gasteiger partial charge on any atom is -0.353 e. The fourth-order valence-electron chi connectivity index (χ4n) is 0.503. The van der Waals surface area contributed by atoms with Crippen LogP contribution in [0.3, 0.4) is 0 Å². The van der Waals surface area contributed by atoms with Gasteiger partial charge in [0.2, 0.25) is 11.8 Å². The fraction of sp³-hybridized carbons (Fsp3) is 0.538. The third kappa shape index (κ3) is 23.9. The molecule has 5 nitrogen and oxygen atoms in total. The van der Waals surface area contributed by atoms with Crippen LogP contribution in [0, 0.1) is 0 Å². The van der Waals surface area contributed by atoms with Crippen molar-refractivity contribution in [1.29, 1.82) is 0 Å². The highest BCUT2D eigenvalue weighted by molar-refractivity contribution is 5.86. The maximum Gasteiger partial charge on any atom is 0.245 e. The molecule has 0 aromatic heterocycles. The summed E-state index contributed by atoms with van der Waals surface area (Å²) in [5.41, 5.74) is 0. The summed E-state index contributed by atoms with van der Waals surface area (Å²) in [5, 5.41) is 5.38. The average Bonchev–Trinajstić information content (AvgIpc) is 2.36. The molecule has 0 aromatic rings. The van der Waals surface area contributed by atoms with E-state index in [0.717, 1.165) is 13.0 Å². The van der Waals surface area contributed by atoms with Crippen LogP contribution in [-0.2, 0) is 9.59 Å². The van der Waals surface area contributed by atoms with Crippen molar-refractivity contribution in [1.82, 2.24) is 15.5 Å². The summed E-state index contributed by atoms with van der Waals surface area (Å²) in [6.07, 6.45) is 3.52. The molecule has 0 spiro atoms. The molecule has 0 saturated heterocycles. The Hall–Kier alpha value is -1.62. The minimum absolute atomic E-state index is 0.0556. The SMILES string of the molecule is C=CC(=O)N(C)C.C=CC(=O)NCCC.CNC. The first-order valence-corrected chi connectivity index (χ1v) is 5.73. The molecule has 2 amide bonds. The number of amides is 2. The lowest BCUT2D eigenvalue weighted by Crippen LogP contribution is -2.20. The van der Waals surface area contributed by atoms with Crippen LogP contribution in [0.25, 0.3) is 0 Å². The third-order valence-electron chi connectivity index (χ3n) is 1.35. The molecule has 0 unspecified atom stereocenters. The highest BCUT2D eigenvalue weighted by Gasteiger charge is 1.91. The molecule has 0 saturated carbocycles. The molecule has 5 heteroatoms. The van der Waals surface area contributed by atoms with Gasteiger partial charge in [0, 0.05) is 20.6 Å². The number of carbonyl (C=O) groups is 2. The number of hydrogen-bond donors (Lipinski definition) is 2. The van der Waals surface area contributed by atoms with Gasteiger partial charge in [-0.25, -0.2) is 0 Å². The first-order chi connectivity index (χ1) is 8.40. The molecule has 0 aromatic carbocycles. The summed E-state index contributed by atoms with van der Waals surface area (Å²) < 4.78 is 0. The normalized spacial score (nSPS) is 7.61. The van der Waals surface area contributed by atoms with E-state index >= 15 is 0 Å². The van der Waals surface area contributed by atoms with Gasteiger partial charge in [-0.05, 0) is 32.7 Å². The maximum absolute atomic E-state index is 10.3. The lowest BCUT2D eigenvalue weighted by atomic mass is 10.4. The summed E-state index contributed by atoms with van der Waals surface area (Å²) in [4.78, 5) is 22.1. The van der Waals surface area contributed by atoms with Crippen molar-refractivity contribution in [3.63, 3.8) is 0 Å². The van der Waals surface area contributed by atoms with Crippen molar-refractivity contribution < 1.29 is 9.59 Å². The Labute approximate surface area is 111 Å². The molecule has 0 radical (unpaired) electrons. The highest BCUT2D eigenvalue weighted by atomic mass is 16.2. The molecule has 0 heterocycles. The molecule has 0 fully saturated rings. The van der Waals surface area contributed by atoms with Gasteiger partial charge in [-0.15, -0.1) is 0 Å². The van der Waals surface area contributed by atoms with Crippen molar-refractivity contribution in [3.8, 4) is 0 Å². The Kier molecular flexibility index (Phi) is 21.4. The molecular formula is C13H27N3O2. The first-order valence-electron chi connectivity index (χ1n) is 5.73. The second-order valence-corrected chi connectivity index (χ2v) is 3.43. The van der Waals surface area contributed by atoms with Gasteiger partial charge in [-0.3, -0.25) is 9.59 Å². The van der Waals surface area contributed by atoms with Crippen LogP contribution >= 0.6 is 0 Å². The monoisotopic (exact) mass is 257 g/mol. The molecule has 0 rings (SSSR count). The Balaban J connectivity index is -0.000000207. The molecule has 106 valence electrons. The number of carbonyl (C=O) groups excluding carboxylic acids is 2. The summed E-state index contributed by atoms with van der Waals surface area (Å²) >= 11 is 0. The third-order valence-corrected chi connectivity index (χ3v) is 1.35. The predicted octanol–water partition coefficient (Wildman–Crippen LogP) is 0.795. The molecule has 0 bridgehead atoms. The Bertz CT molecular complexity index is 238. The Morgan fingerprint density at radius 2 is 1.61 bits per heavy atom. The summed E-state index contributed by atoms with van der Waals surface area (Å²) in [6.45, 7) is 9.34. The quantitative estimate of drug-likeness (QED) is 0.732. The van der Waals surface area contributed by atoms with Crippen LogP contribution in [0.1, 0.15) is 13.3 Å². The van der Waals surface area contributed by atoms with Gasteiger partial charge in [-0.1, -0.05) is 20.1 Å². The van der Waals surface area contributed by atoms with Gasteiger partial charge in [0.1, 0.15) is 0 Å². The van der Waals surface area contributed by atoms with Gasteiger partial charge in [0.25, 0.3) is 0 Å². The predicted molar refractivity (Wildman–Crippen MR) is 77.4 cm³/mol. The number of nitrogens with one attached hydrogen (secondary N) is 2. The second-order valence-electron chi connectivity index (χ2n) is 3.43.